The van der Waals surface area contributed by atoms with Gasteiger partial charge in [-0.2, -0.15) is 0 Å². The minimum Gasteiger partial charge on any atom is -0.364 e. The van der Waals surface area contributed by atoms with Crippen molar-refractivity contribution >= 4 is 23.1 Å². The number of nitrogens with zero attached hydrogens (tertiary/aromatic N) is 2. The molecule has 0 aliphatic heterocycles. The van der Waals surface area contributed by atoms with Crippen molar-refractivity contribution in [2.45, 2.75) is 52.5 Å². The molecule has 0 aliphatic rings. The molecular weight excluding hydrogens is 345 g/mol. The second-order valence-corrected chi connectivity index (χ2v) is 8.74. The summed E-state index contributed by atoms with van der Waals surface area (Å²) < 4.78 is 14.9. The maximum Gasteiger partial charge on any atom is 0.255 e. The predicted molar refractivity (Wildman–Crippen MR) is 106 cm³/mol. The molecule has 3 N–H and O–H groups in total. The van der Waals surface area contributed by atoms with Crippen LogP contribution >= 0.6 is 0 Å². The number of carbonyl (C=O) groups excluding carboxylic acids is 1. The van der Waals surface area contributed by atoms with Crippen LogP contribution in [0.2, 0.25) is 0 Å². The number of aromatic amines is 1. The van der Waals surface area contributed by atoms with Crippen molar-refractivity contribution in [3.63, 3.8) is 0 Å². The maximum absolute atomic E-state index is 13.1. The quantitative estimate of drug-likeness (QED) is 0.632. The van der Waals surface area contributed by atoms with Crippen LogP contribution in [0.1, 0.15) is 57.6 Å². The monoisotopic (exact) mass is 371 g/mol. The van der Waals surface area contributed by atoms with E-state index in [1.54, 1.807) is 6.20 Å². The van der Waals surface area contributed by atoms with E-state index in [1.807, 2.05) is 4.52 Å². The first kappa shape index (κ1) is 18.9. The van der Waals surface area contributed by atoms with E-state index in [4.69, 9.17) is 4.98 Å². The number of fused-ring (bicyclic) bond motifs is 1. The first-order valence-corrected chi connectivity index (χ1v) is 8.91. The number of benzene rings is 1. The summed E-state index contributed by atoms with van der Waals surface area (Å²) in [6, 6.07) is 5.43. The van der Waals surface area contributed by atoms with Crippen LogP contribution in [-0.4, -0.2) is 26.0 Å². The SMILES string of the molecule is CC(C)(C)Nc1c(C(C)(C)C)nc2c(NC(=O)c3ccc(F)cc3)c[nH]n12. The largest absolute Gasteiger partial charge is 0.364 e. The van der Waals surface area contributed by atoms with E-state index in [0.717, 1.165) is 11.5 Å². The Morgan fingerprint density at radius 1 is 1.11 bits per heavy atom. The fourth-order valence-corrected chi connectivity index (χ4v) is 2.80. The standard InChI is InChI=1S/C20H26FN5O/c1-19(2,3)15-17(25-20(4,5)6)26-16(24-15)14(11-22-26)23-18(27)12-7-9-13(21)10-8-12/h7-11,22,25H,1-6H3,(H,23,27). The Morgan fingerprint density at radius 2 is 1.74 bits per heavy atom. The van der Waals surface area contributed by atoms with Crippen molar-refractivity contribution in [2.24, 2.45) is 0 Å². The molecule has 1 amide bonds. The summed E-state index contributed by atoms with van der Waals surface area (Å²) in [6.45, 7) is 12.5. The highest BCUT2D eigenvalue weighted by Crippen LogP contribution is 2.33. The third-order valence-corrected chi connectivity index (χ3v) is 4.01. The minimum atomic E-state index is -0.378. The first-order valence-electron chi connectivity index (χ1n) is 8.91. The van der Waals surface area contributed by atoms with Gasteiger partial charge in [-0.1, -0.05) is 20.8 Å². The van der Waals surface area contributed by atoms with Crippen LogP contribution in [0.5, 0.6) is 0 Å². The van der Waals surface area contributed by atoms with Gasteiger partial charge < -0.3 is 10.6 Å². The van der Waals surface area contributed by atoms with Gasteiger partial charge in [-0.15, -0.1) is 0 Å². The highest BCUT2D eigenvalue weighted by atomic mass is 19.1. The molecule has 0 spiro atoms. The van der Waals surface area contributed by atoms with Crippen molar-refractivity contribution in [1.29, 1.82) is 0 Å². The molecule has 0 aliphatic carbocycles. The third kappa shape index (κ3) is 3.97. The van der Waals surface area contributed by atoms with Gasteiger partial charge in [0.25, 0.3) is 5.91 Å². The lowest BCUT2D eigenvalue weighted by Gasteiger charge is -2.25. The normalized spacial score (nSPS) is 12.4. The van der Waals surface area contributed by atoms with Crippen LogP contribution in [-0.2, 0) is 5.41 Å². The first-order chi connectivity index (χ1) is 12.5. The van der Waals surface area contributed by atoms with Crippen LogP contribution in [0, 0.1) is 5.82 Å². The number of aromatic nitrogens is 3. The second-order valence-electron chi connectivity index (χ2n) is 8.74. The Hall–Kier alpha value is -2.83. The molecule has 0 bridgehead atoms. The Bertz CT molecular complexity index is 971. The Labute approximate surface area is 158 Å². The Kier molecular flexibility index (Phi) is 4.49. The van der Waals surface area contributed by atoms with E-state index in [-0.39, 0.29) is 22.7 Å². The van der Waals surface area contributed by atoms with E-state index < -0.39 is 0 Å². The number of halogens is 1. The van der Waals surface area contributed by atoms with Crippen molar-refractivity contribution in [2.75, 3.05) is 10.6 Å². The van der Waals surface area contributed by atoms with Gasteiger partial charge in [-0.3, -0.25) is 9.89 Å². The molecule has 2 aromatic heterocycles. The lowest BCUT2D eigenvalue weighted by atomic mass is 9.91. The zero-order valence-electron chi connectivity index (χ0n) is 16.6. The van der Waals surface area contributed by atoms with E-state index in [0.29, 0.717) is 16.9 Å². The molecular formula is C20H26FN5O. The molecule has 2 heterocycles. The summed E-state index contributed by atoms with van der Waals surface area (Å²) >= 11 is 0. The molecule has 3 rings (SSSR count). The number of rotatable bonds is 3. The molecule has 0 fully saturated rings. The zero-order chi connectivity index (χ0) is 20.0. The molecule has 27 heavy (non-hydrogen) atoms. The topological polar surface area (TPSA) is 74.2 Å². The number of hydrogen-bond acceptors (Lipinski definition) is 3. The van der Waals surface area contributed by atoms with Gasteiger partial charge in [0.1, 0.15) is 11.5 Å². The van der Waals surface area contributed by atoms with Gasteiger partial charge in [-0.05, 0) is 45.0 Å². The maximum atomic E-state index is 13.1. The van der Waals surface area contributed by atoms with Crippen LogP contribution in [0.25, 0.3) is 5.65 Å². The predicted octanol–water partition coefficient (Wildman–Crippen LogP) is 4.56. The van der Waals surface area contributed by atoms with E-state index in [1.165, 1.54) is 24.3 Å². The van der Waals surface area contributed by atoms with Crippen LogP contribution < -0.4 is 10.6 Å². The molecule has 1 aromatic carbocycles. The number of anilines is 2. The number of amides is 1. The second kappa shape index (κ2) is 6.40. The summed E-state index contributed by atoms with van der Waals surface area (Å²) in [5, 5.41) is 9.51. The fraction of sp³-hybridized carbons (Fsp3) is 0.400. The lowest BCUT2D eigenvalue weighted by molar-refractivity contribution is 0.102. The van der Waals surface area contributed by atoms with Gasteiger partial charge in [0.2, 0.25) is 0 Å². The van der Waals surface area contributed by atoms with E-state index in [2.05, 4.69) is 57.3 Å². The summed E-state index contributed by atoms with van der Waals surface area (Å²) in [5.74, 6) is 0.172. The third-order valence-electron chi connectivity index (χ3n) is 4.01. The molecule has 0 unspecified atom stereocenters. The highest BCUT2D eigenvalue weighted by molar-refractivity contribution is 6.06. The van der Waals surface area contributed by atoms with Gasteiger partial charge in [-0.25, -0.2) is 13.9 Å². The molecule has 0 saturated carbocycles. The molecule has 7 heteroatoms. The summed E-state index contributed by atoms with van der Waals surface area (Å²) in [5.41, 5.74) is 2.14. The van der Waals surface area contributed by atoms with Crippen molar-refractivity contribution in [3.05, 3.63) is 47.5 Å². The number of imidazole rings is 1. The number of carbonyl (C=O) groups is 1. The summed E-state index contributed by atoms with van der Waals surface area (Å²) in [7, 11) is 0. The van der Waals surface area contributed by atoms with E-state index >= 15 is 0 Å². The lowest BCUT2D eigenvalue weighted by Crippen LogP contribution is -2.29. The molecule has 144 valence electrons. The average molecular weight is 371 g/mol. The van der Waals surface area contributed by atoms with Crippen LogP contribution in [0.4, 0.5) is 15.9 Å². The molecule has 0 radical (unpaired) electrons. The van der Waals surface area contributed by atoms with Gasteiger partial charge in [0.05, 0.1) is 5.69 Å². The molecule has 0 saturated heterocycles. The van der Waals surface area contributed by atoms with Gasteiger partial charge in [0, 0.05) is 22.7 Å². The van der Waals surface area contributed by atoms with Crippen LogP contribution in [0.15, 0.2) is 30.5 Å². The van der Waals surface area contributed by atoms with E-state index in [9.17, 15) is 9.18 Å². The molecule has 3 aromatic rings. The smallest absolute Gasteiger partial charge is 0.255 e. The van der Waals surface area contributed by atoms with Crippen molar-refractivity contribution in [1.82, 2.24) is 14.6 Å². The average Bonchev–Trinajstić information content (AvgIpc) is 3.07. The summed E-state index contributed by atoms with van der Waals surface area (Å²) in [6.07, 6.45) is 1.70. The summed E-state index contributed by atoms with van der Waals surface area (Å²) in [4.78, 5) is 17.3. The molecule has 0 atom stereocenters. The zero-order valence-corrected chi connectivity index (χ0v) is 16.6. The molecule has 6 nitrogen and oxygen atoms in total. The highest BCUT2D eigenvalue weighted by Gasteiger charge is 2.28. The Balaban J connectivity index is 2.00. The van der Waals surface area contributed by atoms with Gasteiger partial charge in [0.15, 0.2) is 11.5 Å². The van der Waals surface area contributed by atoms with Crippen LogP contribution in [0.3, 0.4) is 0 Å². The number of nitrogens with one attached hydrogen (secondary N) is 3. The number of H-pyrrole nitrogens is 1. The van der Waals surface area contributed by atoms with Gasteiger partial charge >= 0.3 is 0 Å². The Morgan fingerprint density at radius 3 is 2.30 bits per heavy atom. The number of hydrogen-bond donors (Lipinski definition) is 3. The fourth-order valence-electron chi connectivity index (χ4n) is 2.80. The van der Waals surface area contributed by atoms with Crippen molar-refractivity contribution in [3.8, 4) is 0 Å². The minimum absolute atomic E-state index is 0.154. The van der Waals surface area contributed by atoms with Crippen molar-refractivity contribution < 1.29 is 9.18 Å².